The summed E-state index contributed by atoms with van der Waals surface area (Å²) in [4.78, 5) is 20.0. The molecule has 1 aromatic carbocycles. The fourth-order valence-corrected chi connectivity index (χ4v) is 5.02. The van der Waals surface area contributed by atoms with Crippen LogP contribution in [0.3, 0.4) is 0 Å². The molecule has 1 N–H and O–H groups in total. The number of non-ortho nitro benzene ring substituents is 1. The predicted molar refractivity (Wildman–Crippen MR) is 135 cm³/mol. The van der Waals surface area contributed by atoms with Crippen LogP contribution in [-0.2, 0) is 4.74 Å². The summed E-state index contributed by atoms with van der Waals surface area (Å²) < 4.78 is 11.8. The highest BCUT2D eigenvalue weighted by atomic mass is 32.1. The summed E-state index contributed by atoms with van der Waals surface area (Å²) in [5.41, 5.74) is 1.57. The third-order valence-corrected chi connectivity index (χ3v) is 6.79. The number of hydrogen-bond acceptors (Lipinski definition) is 7. The number of nitro groups is 1. The lowest BCUT2D eigenvalue weighted by molar-refractivity contribution is -0.384. The summed E-state index contributed by atoms with van der Waals surface area (Å²) >= 11 is 5.75. The zero-order valence-corrected chi connectivity index (χ0v) is 20.0. The van der Waals surface area contributed by atoms with Gasteiger partial charge in [0.25, 0.3) is 5.69 Å². The molecule has 0 radical (unpaired) electrons. The molecular formula is C25H27N5O4S. The summed E-state index contributed by atoms with van der Waals surface area (Å²) in [6.45, 7) is 5.20. The maximum absolute atomic E-state index is 11.2. The Balaban J connectivity index is 1.40. The van der Waals surface area contributed by atoms with E-state index in [0.29, 0.717) is 16.4 Å². The molecule has 2 aromatic heterocycles. The monoisotopic (exact) mass is 493 g/mol. The van der Waals surface area contributed by atoms with E-state index in [-0.39, 0.29) is 17.8 Å². The van der Waals surface area contributed by atoms with E-state index in [9.17, 15) is 10.1 Å². The Labute approximate surface area is 208 Å². The number of thiocarbonyl (C=S) groups is 1. The first-order valence-electron chi connectivity index (χ1n) is 11.7. The zero-order valence-electron chi connectivity index (χ0n) is 19.2. The van der Waals surface area contributed by atoms with Crippen LogP contribution in [0, 0.1) is 10.1 Å². The second-order valence-corrected chi connectivity index (χ2v) is 9.02. The number of morpholine rings is 1. The van der Waals surface area contributed by atoms with Crippen molar-refractivity contribution in [2.24, 2.45) is 0 Å². The Morgan fingerprint density at radius 3 is 2.74 bits per heavy atom. The molecule has 0 amide bonds. The van der Waals surface area contributed by atoms with Gasteiger partial charge in [-0.2, -0.15) is 0 Å². The van der Waals surface area contributed by atoms with E-state index in [1.807, 2.05) is 36.4 Å². The number of hydrogen-bond donors (Lipinski definition) is 1. The normalized spacial score (nSPS) is 20.7. The molecule has 0 bridgehead atoms. The Morgan fingerprint density at radius 1 is 1.11 bits per heavy atom. The summed E-state index contributed by atoms with van der Waals surface area (Å²) in [5.74, 6) is 1.32. The van der Waals surface area contributed by atoms with Crippen LogP contribution in [0.25, 0.3) is 11.3 Å². The van der Waals surface area contributed by atoms with Crippen LogP contribution >= 0.6 is 12.2 Å². The van der Waals surface area contributed by atoms with Crippen LogP contribution in [-0.4, -0.2) is 64.2 Å². The maximum atomic E-state index is 11.2. The largest absolute Gasteiger partial charge is 0.459 e. The van der Waals surface area contributed by atoms with Gasteiger partial charge >= 0.3 is 0 Å². The highest BCUT2D eigenvalue weighted by molar-refractivity contribution is 7.80. The van der Waals surface area contributed by atoms with Crippen molar-refractivity contribution in [3.05, 3.63) is 82.4 Å². The third kappa shape index (κ3) is 5.19. The topological polar surface area (TPSA) is 96.9 Å². The van der Waals surface area contributed by atoms with E-state index in [0.717, 1.165) is 57.3 Å². The number of nitrogens with zero attached hydrogens (tertiary/aromatic N) is 4. The lowest BCUT2D eigenvalue weighted by atomic mass is 10.0. The van der Waals surface area contributed by atoms with E-state index >= 15 is 0 Å². The molecule has 2 atom stereocenters. The van der Waals surface area contributed by atoms with Gasteiger partial charge in [-0.3, -0.25) is 20.0 Å². The highest BCUT2D eigenvalue weighted by Crippen LogP contribution is 2.40. The number of benzene rings is 1. The Bertz CT molecular complexity index is 1180. The average molecular weight is 494 g/mol. The van der Waals surface area contributed by atoms with Gasteiger partial charge in [-0.05, 0) is 42.9 Å². The van der Waals surface area contributed by atoms with Crippen molar-refractivity contribution in [2.75, 3.05) is 39.4 Å². The van der Waals surface area contributed by atoms with Gasteiger partial charge in [-0.1, -0.05) is 18.2 Å². The Morgan fingerprint density at radius 2 is 1.97 bits per heavy atom. The number of furan rings is 1. The standard InChI is InChI=1S/C25H27N5O4S/c31-30(32)19-6-3-5-18(17-19)21-8-9-22(34-21)24-23(20-7-1-2-10-26-20)27-25(35)29(24)12-4-11-28-13-15-33-16-14-28/h1-3,5-10,17,23-24H,4,11-16H2,(H,27,35)/t23-,24+/m1/s1. The van der Waals surface area contributed by atoms with Gasteiger partial charge in [0.2, 0.25) is 0 Å². The Kier molecular flexibility index (Phi) is 7.03. The molecule has 0 unspecified atom stereocenters. The minimum absolute atomic E-state index is 0.0280. The van der Waals surface area contributed by atoms with Gasteiger partial charge in [0, 0.05) is 50.1 Å². The first-order chi connectivity index (χ1) is 17.1. The van der Waals surface area contributed by atoms with Crippen LogP contribution in [0.2, 0.25) is 0 Å². The van der Waals surface area contributed by atoms with E-state index in [4.69, 9.17) is 21.4 Å². The molecule has 0 saturated carbocycles. The van der Waals surface area contributed by atoms with Crippen molar-refractivity contribution < 1.29 is 14.1 Å². The van der Waals surface area contributed by atoms with Gasteiger partial charge in [0.15, 0.2) is 5.11 Å². The molecule has 9 nitrogen and oxygen atoms in total. The van der Waals surface area contributed by atoms with Crippen LogP contribution < -0.4 is 5.32 Å². The molecule has 3 aromatic rings. The van der Waals surface area contributed by atoms with Crippen molar-refractivity contribution in [3.63, 3.8) is 0 Å². The summed E-state index contributed by atoms with van der Waals surface area (Å²) in [6, 6.07) is 15.7. The lowest BCUT2D eigenvalue weighted by Gasteiger charge is -2.29. The van der Waals surface area contributed by atoms with Crippen LogP contribution in [0.5, 0.6) is 0 Å². The highest BCUT2D eigenvalue weighted by Gasteiger charge is 2.41. The molecule has 2 aliphatic heterocycles. The summed E-state index contributed by atoms with van der Waals surface area (Å²) in [5, 5.41) is 15.3. The second kappa shape index (κ2) is 10.5. The van der Waals surface area contributed by atoms with Crippen LogP contribution in [0.4, 0.5) is 5.69 Å². The van der Waals surface area contributed by atoms with E-state index in [2.05, 4.69) is 20.1 Å². The smallest absolute Gasteiger partial charge is 0.270 e. The lowest BCUT2D eigenvalue weighted by Crippen LogP contribution is -2.38. The fraction of sp³-hybridized carbons (Fsp3) is 0.360. The van der Waals surface area contributed by atoms with Crippen molar-refractivity contribution in [2.45, 2.75) is 18.5 Å². The van der Waals surface area contributed by atoms with Crippen molar-refractivity contribution in [1.82, 2.24) is 20.1 Å². The van der Waals surface area contributed by atoms with Gasteiger partial charge in [-0.25, -0.2) is 0 Å². The van der Waals surface area contributed by atoms with Crippen molar-refractivity contribution in [1.29, 1.82) is 0 Å². The quantitative estimate of drug-likeness (QED) is 0.284. The molecule has 35 heavy (non-hydrogen) atoms. The van der Waals surface area contributed by atoms with Gasteiger partial charge in [-0.15, -0.1) is 0 Å². The van der Waals surface area contributed by atoms with E-state index < -0.39 is 4.92 Å². The number of aromatic nitrogens is 1. The van der Waals surface area contributed by atoms with Crippen LogP contribution in [0.1, 0.15) is 30.0 Å². The van der Waals surface area contributed by atoms with Crippen molar-refractivity contribution >= 4 is 23.0 Å². The summed E-state index contributed by atoms with van der Waals surface area (Å²) in [7, 11) is 0. The number of nitro benzene ring substituents is 1. The minimum Gasteiger partial charge on any atom is -0.459 e. The first kappa shape index (κ1) is 23.4. The molecule has 4 heterocycles. The molecule has 10 heteroatoms. The van der Waals surface area contributed by atoms with Gasteiger partial charge in [0.05, 0.1) is 29.9 Å². The third-order valence-electron chi connectivity index (χ3n) is 6.43. The number of rotatable bonds is 8. The van der Waals surface area contributed by atoms with E-state index in [1.54, 1.807) is 12.3 Å². The SMILES string of the molecule is O=[N+]([O-])c1cccc(-c2ccc([C@H]3[C@@H](c4ccccn4)NC(=S)N3CCCN3CCOCC3)o2)c1. The van der Waals surface area contributed by atoms with Crippen LogP contribution in [0.15, 0.2) is 65.2 Å². The average Bonchev–Trinajstić information content (AvgIpc) is 3.50. The summed E-state index contributed by atoms with van der Waals surface area (Å²) in [6.07, 6.45) is 2.72. The molecule has 2 aliphatic rings. The molecule has 5 rings (SSSR count). The number of ether oxygens (including phenoxy) is 1. The molecular weight excluding hydrogens is 466 g/mol. The fourth-order valence-electron chi connectivity index (χ4n) is 4.68. The molecule has 2 saturated heterocycles. The number of pyridine rings is 1. The number of nitrogens with one attached hydrogen (secondary N) is 1. The second-order valence-electron chi connectivity index (χ2n) is 8.64. The molecule has 2 fully saturated rings. The molecule has 182 valence electrons. The predicted octanol–water partition coefficient (Wildman–Crippen LogP) is 3.94. The molecule has 0 spiro atoms. The van der Waals surface area contributed by atoms with Gasteiger partial charge in [0.1, 0.15) is 17.6 Å². The zero-order chi connectivity index (χ0) is 24.2. The minimum atomic E-state index is -0.403. The van der Waals surface area contributed by atoms with Gasteiger partial charge < -0.3 is 19.4 Å². The molecule has 0 aliphatic carbocycles. The Hall–Kier alpha value is -3.34. The first-order valence-corrected chi connectivity index (χ1v) is 12.1. The maximum Gasteiger partial charge on any atom is 0.270 e. The van der Waals surface area contributed by atoms with E-state index in [1.165, 1.54) is 12.1 Å². The van der Waals surface area contributed by atoms with Crippen molar-refractivity contribution in [3.8, 4) is 11.3 Å².